The van der Waals surface area contributed by atoms with Crippen LogP contribution in [0.25, 0.3) is 11.3 Å². The third kappa shape index (κ3) is 3.03. The van der Waals surface area contributed by atoms with Gasteiger partial charge in [-0.15, -0.1) is 11.3 Å². The lowest BCUT2D eigenvalue weighted by Crippen LogP contribution is -2.29. The molecule has 1 aromatic carbocycles. The number of amides is 2. The lowest BCUT2D eigenvalue weighted by molar-refractivity contribution is -0.128. The van der Waals surface area contributed by atoms with Crippen LogP contribution in [-0.2, 0) is 9.59 Å². The fourth-order valence-corrected chi connectivity index (χ4v) is 3.69. The summed E-state index contributed by atoms with van der Waals surface area (Å²) >= 11 is 1.29. The molecular weight excluding hydrogens is 329 g/mol. The van der Waals surface area contributed by atoms with Crippen molar-refractivity contribution in [1.82, 2.24) is 9.88 Å². The average molecular weight is 345 g/mol. The monoisotopic (exact) mass is 345 g/mol. The second kappa shape index (κ2) is 5.98. The number of benzene rings is 1. The molecule has 5 nitrogen and oxygen atoms in total. The number of nitrogens with one attached hydrogen (secondary N) is 1. The smallest absolute Gasteiger partial charge is 0.231 e. The van der Waals surface area contributed by atoms with E-state index in [1.165, 1.54) is 23.5 Å². The van der Waals surface area contributed by atoms with Crippen LogP contribution < -0.4 is 5.32 Å². The molecule has 7 heteroatoms. The summed E-state index contributed by atoms with van der Waals surface area (Å²) in [5, 5.41) is 5.03. The fourth-order valence-electron chi connectivity index (χ4n) is 2.97. The molecule has 1 N–H and O–H groups in total. The van der Waals surface area contributed by atoms with Gasteiger partial charge >= 0.3 is 0 Å². The van der Waals surface area contributed by atoms with Gasteiger partial charge in [-0.05, 0) is 25.0 Å². The molecule has 1 aliphatic carbocycles. The van der Waals surface area contributed by atoms with Crippen molar-refractivity contribution in [2.45, 2.75) is 25.3 Å². The van der Waals surface area contributed by atoms with Crippen molar-refractivity contribution in [3.05, 3.63) is 35.5 Å². The maximum absolute atomic E-state index is 13.3. The minimum Gasteiger partial charge on any atom is -0.339 e. The Bertz CT molecular complexity index is 803. The van der Waals surface area contributed by atoms with E-state index in [9.17, 15) is 14.0 Å². The number of anilines is 1. The summed E-state index contributed by atoms with van der Waals surface area (Å²) in [6.45, 7) is 0.497. The highest BCUT2D eigenvalue weighted by atomic mass is 32.1. The summed E-state index contributed by atoms with van der Waals surface area (Å²) < 4.78 is 13.3. The van der Waals surface area contributed by atoms with Crippen molar-refractivity contribution in [1.29, 1.82) is 0 Å². The number of thiazole rings is 1. The van der Waals surface area contributed by atoms with Crippen LogP contribution in [0.3, 0.4) is 0 Å². The summed E-state index contributed by atoms with van der Waals surface area (Å²) in [5.41, 5.74) is 1.29. The number of rotatable bonds is 4. The van der Waals surface area contributed by atoms with E-state index in [0.29, 0.717) is 29.0 Å². The second-order valence-corrected chi connectivity index (χ2v) is 7.07. The molecule has 1 atom stereocenters. The molecule has 0 unspecified atom stereocenters. The number of hydrogen-bond donors (Lipinski definition) is 1. The van der Waals surface area contributed by atoms with Gasteiger partial charge in [0.25, 0.3) is 0 Å². The average Bonchev–Trinajstić information content (AvgIpc) is 3.16. The molecule has 1 aromatic heterocycles. The quantitative estimate of drug-likeness (QED) is 0.927. The van der Waals surface area contributed by atoms with Gasteiger partial charge in [-0.25, -0.2) is 9.37 Å². The van der Waals surface area contributed by atoms with Crippen LogP contribution in [-0.4, -0.2) is 34.3 Å². The highest BCUT2D eigenvalue weighted by Gasteiger charge is 2.41. The van der Waals surface area contributed by atoms with Crippen LogP contribution in [0.1, 0.15) is 19.3 Å². The predicted octanol–water partition coefficient (Wildman–Crippen LogP) is 2.90. The molecule has 2 fully saturated rings. The molecule has 2 aromatic rings. The van der Waals surface area contributed by atoms with Crippen molar-refractivity contribution >= 4 is 28.3 Å². The minimum atomic E-state index is -0.323. The van der Waals surface area contributed by atoms with E-state index < -0.39 is 0 Å². The van der Waals surface area contributed by atoms with Crippen molar-refractivity contribution in [3.63, 3.8) is 0 Å². The van der Waals surface area contributed by atoms with Gasteiger partial charge in [0.05, 0.1) is 11.6 Å². The highest BCUT2D eigenvalue weighted by Crippen LogP contribution is 2.33. The first-order valence-electron chi connectivity index (χ1n) is 7.92. The number of aromatic nitrogens is 1. The molecule has 1 saturated carbocycles. The van der Waals surface area contributed by atoms with Gasteiger partial charge in [-0.1, -0.05) is 12.1 Å². The molecule has 2 aliphatic rings. The molecular formula is C17H16FN3O2S. The number of nitrogens with zero attached hydrogens (tertiary/aromatic N) is 2. The molecule has 0 bridgehead atoms. The topological polar surface area (TPSA) is 62.3 Å². The summed E-state index contributed by atoms with van der Waals surface area (Å²) in [6, 6.07) is 6.52. The molecule has 2 amide bonds. The summed E-state index contributed by atoms with van der Waals surface area (Å²) in [5.74, 6) is -0.751. The molecule has 0 spiro atoms. The van der Waals surface area contributed by atoms with Gasteiger partial charge in [-0.3, -0.25) is 9.59 Å². The van der Waals surface area contributed by atoms with Crippen molar-refractivity contribution < 1.29 is 14.0 Å². The SMILES string of the molecule is O=C(Nc1nc(-c2cccc(F)c2)cs1)[C@@H]1CC(=O)N(C2CC2)C1. The van der Waals surface area contributed by atoms with Crippen LogP contribution in [0.2, 0.25) is 0 Å². The van der Waals surface area contributed by atoms with E-state index in [1.807, 2.05) is 4.90 Å². The maximum atomic E-state index is 13.3. The van der Waals surface area contributed by atoms with E-state index in [0.717, 1.165) is 12.8 Å². The first-order chi connectivity index (χ1) is 11.6. The summed E-state index contributed by atoms with van der Waals surface area (Å²) in [4.78, 5) is 30.5. The van der Waals surface area contributed by atoms with E-state index >= 15 is 0 Å². The highest BCUT2D eigenvalue weighted by molar-refractivity contribution is 7.14. The Kier molecular flexibility index (Phi) is 3.80. The Morgan fingerprint density at radius 1 is 1.38 bits per heavy atom. The van der Waals surface area contributed by atoms with Crippen LogP contribution in [0, 0.1) is 11.7 Å². The standard InChI is InChI=1S/C17H16FN3O2S/c18-12-3-1-2-10(6-12)14-9-24-17(19-14)20-16(23)11-7-15(22)21(8-11)13-4-5-13/h1-3,6,9,11,13H,4-5,7-8H2,(H,19,20,23)/t11-/m1/s1. The van der Waals surface area contributed by atoms with Crippen molar-refractivity contribution in [2.24, 2.45) is 5.92 Å². The maximum Gasteiger partial charge on any atom is 0.231 e. The predicted molar refractivity (Wildman–Crippen MR) is 89.0 cm³/mol. The van der Waals surface area contributed by atoms with Gasteiger partial charge in [-0.2, -0.15) is 0 Å². The van der Waals surface area contributed by atoms with Gasteiger partial charge in [0, 0.05) is 30.0 Å². The molecule has 1 saturated heterocycles. The van der Waals surface area contributed by atoms with Crippen LogP contribution in [0.15, 0.2) is 29.6 Å². The van der Waals surface area contributed by atoms with Crippen LogP contribution in [0.4, 0.5) is 9.52 Å². The third-order valence-electron chi connectivity index (χ3n) is 4.37. The molecule has 1 aliphatic heterocycles. The zero-order chi connectivity index (χ0) is 16.7. The number of likely N-dealkylation sites (tertiary alicyclic amines) is 1. The zero-order valence-electron chi connectivity index (χ0n) is 12.9. The minimum absolute atomic E-state index is 0.0669. The molecule has 124 valence electrons. The molecule has 0 radical (unpaired) electrons. The van der Waals surface area contributed by atoms with E-state index in [-0.39, 0.29) is 30.0 Å². The van der Waals surface area contributed by atoms with Crippen molar-refractivity contribution in [3.8, 4) is 11.3 Å². The first kappa shape index (κ1) is 15.3. The largest absolute Gasteiger partial charge is 0.339 e. The van der Waals surface area contributed by atoms with Gasteiger partial charge in [0.15, 0.2) is 5.13 Å². The summed E-state index contributed by atoms with van der Waals surface area (Å²) in [6.07, 6.45) is 2.36. The van der Waals surface area contributed by atoms with E-state index in [4.69, 9.17) is 0 Å². The second-order valence-electron chi connectivity index (χ2n) is 6.22. The summed E-state index contributed by atoms with van der Waals surface area (Å²) in [7, 11) is 0. The Labute approximate surface area is 142 Å². The fraction of sp³-hybridized carbons (Fsp3) is 0.353. The Morgan fingerprint density at radius 2 is 2.21 bits per heavy atom. The van der Waals surface area contributed by atoms with Crippen molar-refractivity contribution in [2.75, 3.05) is 11.9 Å². The zero-order valence-corrected chi connectivity index (χ0v) is 13.7. The first-order valence-corrected chi connectivity index (χ1v) is 8.80. The lowest BCUT2D eigenvalue weighted by atomic mass is 10.1. The van der Waals surface area contributed by atoms with Gasteiger partial charge in [0.2, 0.25) is 11.8 Å². The van der Waals surface area contributed by atoms with Crippen LogP contribution in [0.5, 0.6) is 0 Å². The number of halogens is 1. The molecule has 24 heavy (non-hydrogen) atoms. The van der Waals surface area contributed by atoms with Gasteiger partial charge in [0.1, 0.15) is 5.82 Å². The Morgan fingerprint density at radius 3 is 2.96 bits per heavy atom. The number of hydrogen-bond acceptors (Lipinski definition) is 4. The molecule has 2 heterocycles. The van der Waals surface area contributed by atoms with E-state index in [2.05, 4.69) is 10.3 Å². The Hall–Kier alpha value is -2.28. The third-order valence-corrected chi connectivity index (χ3v) is 5.13. The van der Waals surface area contributed by atoms with E-state index in [1.54, 1.807) is 17.5 Å². The number of carbonyl (C=O) groups is 2. The van der Waals surface area contributed by atoms with Gasteiger partial charge < -0.3 is 10.2 Å². The normalized spacial score (nSPS) is 20.5. The molecule has 4 rings (SSSR count). The van der Waals surface area contributed by atoms with Crippen LogP contribution >= 0.6 is 11.3 Å². The number of carbonyl (C=O) groups excluding carboxylic acids is 2. The lowest BCUT2D eigenvalue weighted by Gasteiger charge is -2.14. The Balaban J connectivity index is 1.42.